The van der Waals surface area contributed by atoms with E-state index in [0.29, 0.717) is 12.3 Å². The number of carbonyl (C=O) groups is 2. The van der Waals surface area contributed by atoms with E-state index in [9.17, 15) is 22.8 Å². The minimum atomic E-state index is -4.64. The van der Waals surface area contributed by atoms with Crippen LogP contribution in [0.15, 0.2) is 60.1 Å². The molecule has 2 heterocycles. The lowest BCUT2D eigenvalue weighted by Gasteiger charge is -2.24. The molecule has 0 atom stereocenters. The molecular formula is C22H14Cl3F3N2O5. The number of benzene rings is 1. The number of hydrogen-bond donors (Lipinski definition) is 0. The predicted molar refractivity (Wildman–Crippen MR) is 123 cm³/mol. The van der Waals surface area contributed by atoms with E-state index >= 15 is 0 Å². The van der Waals surface area contributed by atoms with Crippen molar-refractivity contribution < 1.29 is 37.0 Å². The molecule has 0 aliphatic carbocycles. The van der Waals surface area contributed by atoms with Gasteiger partial charge in [0.25, 0.3) is 0 Å². The lowest BCUT2D eigenvalue weighted by Crippen LogP contribution is -2.27. The molecule has 2 aromatic rings. The molecule has 0 radical (unpaired) electrons. The normalized spacial score (nSPS) is 13.5. The number of methoxy groups -OCH3 is 2. The first-order valence-corrected chi connectivity index (χ1v) is 10.6. The van der Waals surface area contributed by atoms with Crippen LogP contribution in [-0.2, 0) is 25.2 Å². The monoisotopic (exact) mass is 548 g/mol. The Labute approximate surface area is 211 Å². The highest BCUT2D eigenvalue weighted by Gasteiger charge is 2.32. The number of hydrogen-bond acceptors (Lipinski definition) is 7. The van der Waals surface area contributed by atoms with Gasteiger partial charge in [0.2, 0.25) is 5.88 Å². The van der Waals surface area contributed by atoms with Gasteiger partial charge in [-0.2, -0.15) is 13.2 Å². The maximum Gasteiger partial charge on any atom is 0.417 e. The van der Waals surface area contributed by atoms with Gasteiger partial charge in [0, 0.05) is 18.1 Å². The van der Waals surface area contributed by atoms with Gasteiger partial charge in [0.1, 0.15) is 10.7 Å². The van der Waals surface area contributed by atoms with Gasteiger partial charge in [0.05, 0.1) is 35.4 Å². The second kappa shape index (κ2) is 10.6. The van der Waals surface area contributed by atoms with Gasteiger partial charge >= 0.3 is 18.1 Å². The summed E-state index contributed by atoms with van der Waals surface area (Å²) in [6.07, 6.45) is 1.78. The molecule has 1 aliphatic heterocycles. The van der Waals surface area contributed by atoms with Crippen molar-refractivity contribution in [3.8, 4) is 11.6 Å². The molecule has 1 aliphatic rings. The van der Waals surface area contributed by atoms with Gasteiger partial charge in [-0.1, -0.05) is 40.9 Å². The van der Waals surface area contributed by atoms with E-state index in [0.717, 1.165) is 14.2 Å². The fourth-order valence-corrected chi connectivity index (χ4v) is 3.66. The van der Waals surface area contributed by atoms with E-state index in [2.05, 4.69) is 4.98 Å². The maximum absolute atomic E-state index is 12.9. The van der Waals surface area contributed by atoms with Crippen LogP contribution in [-0.4, -0.2) is 31.1 Å². The molecule has 0 bridgehead atoms. The second-order valence-corrected chi connectivity index (χ2v) is 7.89. The van der Waals surface area contributed by atoms with Gasteiger partial charge < -0.3 is 19.1 Å². The number of carbonyl (C=O) groups excluding carboxylic acids is 2. The third kappa shape index (κ3) is 5.72. The lowest BCUT2D eigenvalue weighted by molar-refractivity contribution is -0.139. The van der Waals surface area contributed by atoms with Crippen molar-refractivity contribution in [1.82, 2.24) is 4.98 Å². The van der Waals surface area contributed by atoms with Crippen LogP contribution in [0.2, 0.25) is 15.1 Å². The van der Waals surface area contributed by atoms with Crippen LogP contribution >= 0.6 is 34.8 Å². The number of allylic oxidation sites excluding steroid dienone is 2. The van der Waals surface area contributed by atoms with E-state index in [1.165, 1.54) is 41.5 Å². The van der Waals surface area contributed by atoms with Crippen molar-refractivity contribution in [3.63, 3.8) is 0 Å². The molecule has 13 heteroatoms. The summed E-state index contributed by atoms with van der Waals surface area (Å²) in [5, 5.41) is -0.615. The molecule has 184 valence electrons. The zero-order valence-corrected chi connectivity index (χ0v) is 20.1. The smallest absolute Gasteiger partial charge is 0.417 e. The second-order valence-electron chi connectivity index (χ2n) is 6.67. The topological polar surface area (TPSA) is 78.0 Å². The van der Waals surface area contributed by atoms with Crippen molar-refractivity contribution in [2.45, 2.75) is 6.18 Å². The highest BCUT2D eigenvalue weighted by Crippen LogP contribution is 2.42. The summed E-state index contributed by atoms with van der Waals surface area (Å²) in [6, 6.07) is 3.33. The number of rotatable bonds is 5. The molecule has 0 unspecified atom stereocenters. The van der Waals surface area contributed by atoms with Gasteiger partial charge in [-0.15, -0.1) is 0 Å². The molecular weight excluding hydrogens is 536 g/mol. The summed E-state index contributed by atoms with van der Waals surface area (Å²) in [6.45, 7) is 0. The number of anilines is 1. The van der Waals surface area contributed by atoms with Crippen LogP contribution in [0.4, 0.5) is 18.9 Å². The van der Waals surface area contributed by atoms with Crippen LogP contribution < -0.4 is 9.64 Å². The van der Waals surface area contributed by atoms with Crippen molar-refractivity contribution in [2.24, 2.45) is 0 Å². The number of aromatic nitrogens is 1. The molecule has 7 nitrogen and oxygen atoms in total. The molecule has 0 saturated carbocycles. The van der Waals surface area contributed by atoms with Gasteiger partial charge in [0.15, 0.2) is 5.75 Å². The Morgan fingerprint density at radius 2 is 1.57 bits per heavy atom. The maximum atomic E-state index is 12.9. The highest BCUT2D eigenvalue weighted by atomic mass is 35.5. The average molecular weight is 550 g/mol. The molecule has 1 aromatic carbocycles. The van der Waals surface area contributed by atoms with Gasteiger partial charge in [-0.3, -0.25) is 0 Å². The van der Waals surface area contributed by atoms with Crippen LogP contribution in [0.3, 0.4) is 0 Å². The Kier molecular flexibility index (Phi) is 7.99. The largest absolute Gasteiger partial charge is 0.465 e. The molecule has 0 saturated heterocycles. The summed E-state index contributed by atoms with van der Waals surface area (Å²) >= 11 is 18.6. The number of pyridine rings is 1. The Balaban J connectivity index is 2.04. The lowest BCUT2D eigenvalue weighted by atomic mass is 10.1. The summed E-state index contributed by atoms with van der Waals surface area (Å²) < 4.78 is 53.6. The fraction of sp³-hybridized carbons (Fsp3) is 0.136. The van der Waals surface area contributed by atoms with Crippen LogP contribution in [0.5, 0.6) is 11.6 Å². The van der Waals surface area contributed by atoms with Gasteiger partial charge in [-0.25, -0.2) is 14.6 Å². The average Bonchev–Trinajstić information content (AvgIpc) is 3.03. The number of ether oxygens (including phenoxy) is 3. The van der Waals surface area contributed by atoms with E-state index in [4.69, 9.17) is 49.0 Å². The Morgan fingerprint density at radius 3 is 2.11 bits per heavy atom. The zero-order chi connectivity index (χ0) is 25.9. The van der Waals surface area contributed by atoms with Crippen molar-refractivity contribution in [1.29, 1.82) is 0 Å². The standard InChI is InChI=1S/C22H14Cl3F3N2O5/c1-33-20(31)13-5-3-4-6-30(17(13)21(32)34-2)12-8-14(23)18(15(24)9-12)35-19-16(25)7-11(10-29-19)22(26,27)28/h3-10H,1-2H3. The van der Waals surface area contributed by atoms with E-state index in [1.807, 2.05) is 0 Å². The van der Waals surface area contributed by atoms with Crippen LogP contribution in [0.25, 0.3) is 0 Å². The first-order chi connectivity index (χ1) is 16.5. The summed E-state index contributed by atoms with van der Waals surface area (Å²) in [5.74, 6) is -2.16. The molecule has 35 heavy (non-hydrogen) atoms. The Hall–Kier alpha value is -3.21. The number of nitrogens with zero attached hydrogens (tertiary/aromatic N) is 2. The summed E-state index contributed by atoms with van der Waals surface area (Å²) in [7, 11) is 2.29. The van der Waals surface area contributed by atoms with E-state index in [-0.39, 0.29) is 38.6 Å². The summed E-state index contributed by atoms with van der Waals surface area (Å²) in [4.78, 5) is 29.7. The van der Waals surface area contributed by atoms with E-state index < -0.39 is 28.7 Å². The molecule has 0 amide bonds. The third-order valence-corrected chi connectivity index (χ3v) is 5.32. The van der Waals surface area contributed by atoms with Gasteiger partial charge in [-0.05, 0) is 30.4 Å². The minimum Gasteiger partial charge on any atom is -0.465 e. The number of esters is 2. The molecule has 3 rings (SSSR count). The number of halogens is 6. The Morgan fingerprint density at radius 1 is 0.943 bits per heavy atom. The highest BCUT2D eigenvalue weighted by molar-refractivity contribution is 6.38. The molecule has 1 aromatic heterocycles. The quantitative estimate of drug-likeness (QED) is 0.403. The van der Waals surface area contributed by atoms with Crippen LogP contribution in [0, 0.1) is 0 Å². The van der Waals surface area contributed by atoms with Crippen molar-refractivity contribution in [2.75, 3.05) is 19.1 Å². The minimum absolute atomic E-state index is 0.0975. The molecule has 0 N–H and O–H groups in total. The first-order valence-electron chi connectivity index (χ1n) is 9.42. The predicted octanol–water partition coefficient (Wildman–Crippen LogP) is 6.34. The van der Waals surface area contributed by atoms with Crippen molar-refractivity contribution in [3.05, 3.63) is 80.7 Å². The van der Waals surface area contributed by atoms with E-state index in [1.54, 1.807) is 0 Å². The third-order valence-electron chi connectivity index (χ3n) is 4.48. The molecule has 0 spiro atoms. The number of alkyl halides is 3. The first kappa shape index (κ1) is 26.4. The van der Waals surface area contributed by atoms with Crippen LogP contribution in [0.1, 0.15) is 5.56 Å². The SMILES string of the molecule is COC(=O)C1=C(C(=O)OC)N(c2cc(Cl)c(Oc3ncc(C(F)(F)F)cc3Cl)c(Cl)c2)C=CC=C1. The van der Waals surface area contributed by atoms with Crippen molar-refractivity contribution >= 4 is 52.4 Å². The summed E-state index contributed by atoms with van der Waals surface area (Å²) in [5.41, 5.74) is -1.12. The molecule has 0 fully saturated rings. The fourth-order valence-electron chi connectivity index (χ4n) is 2.90. The zero-order valence-electron chi connectivity index (χ0n) is 17.8. The Bertz CT molecular complexity index is 1250.